The third-order valence-electron chi connectivity index (χ3n) is 5.78. The Labute approximate surface area is 186 Å². The van der Waals surface area contributed by atoms with Gasteiger partial charge in [-0.1, -0.05) is 23.7 Å². The highest BCUT2D eigenvalue weighted by atomic mass is 35.5. The highest BCUT2D eigenvalue weighted by Crippen LogP contribution is 2.42. The van der Waals surface area contributed by atoms with Crippen molar-refractivity contribution in [2.24, 2.45) is 10.7 Å². The lowest BCUT2D eigenvalue weighted by molar-refractivity contribution is -0.132. The molecule has 1 aromatic heterocycles. The van der Waals surface area contributed by atoms with Crippen molar-refractivity contribution in [3.8, 4) is 5.75 Å². The molecule has 4 rings (SSSR count). The van der Waals surface area contributed by atoms with Crippen LogP contribution >= 0.6 is 11.6 Å². The van der Waals surface area contributed by atoms with Crippen LogP contribution in [0.5, 0.6) is 5.75 Å². The van der Waals surface area contributed by atoms with Crippen LogP contribution in [0.15, 0.2) is 41.7 Å². The van der Waals surface area contributed by atoms with Crippen LogP contribution in [0.2, 0.25) is 5.02 Å². The van der Waals surface area contributed by atoms with E-state index < -0.39 is 5.54 Å². The average Bonchev–Trinajstić information content (AvgIpc) is 2.75. The number of methoxy groups -OCH3 is 1. The molecule has 8 nitrogen and oxygen atoms in total. The summed E-state index contributed by atoms with van der Waals surface area (Å²) in [7, 11) is 1.59. The number of aromatic nitrogens is 1. The van der Waals surface area contributed by atoms with E-state index in [9.17, 15) is 4.79 Å². The Kier molecular flexibility index (Phi) is 6.02. The molecule has 164 valence electrons. The number of halogens is 1. The van der Waals surface area contributed by atoms with Crippen molar-refractivity contribution >= 4 is 34.8 Å². The van der Waals surface area contributed by atoms with E-state index in [4.69, 9.17) is 31.8 Å². The van der Waals surface area contributed by atoms with Crippen LogP contribution in [0.1, 0.15) is 31.7 Å². The van der Waals surface area contributed by atoms with Gasteiger partial charge in [-0.05, 0) is 25.8 Å². The number of rotatable bonds is 5. The zero-order valence-electron chi connectivity index (χ0n) is 17.6. The highest BCUT2D eigenvalue weighted by molar-refractivity contribution is 6.34. The molecule has 2 aromatic rings. The Morgan fingerprint density at radius 2 is 2.06 bits per heavy atom. The lowest BCUT2D eigenvalue weighted by Gasteiger charge is -2.40. The maximum absolute atomic E-state index is 13.1. The summed E-state index contributed by atoms with van der Waals surface area (Å²) < 4.78 is 10.8. The lowest BCUT2D eigenvalue weighted by atomic mass is 9.86. The second-order valence-corrected chi connectivity index (χ2v) is 8.27. The molecular weight excluding hydrogens is 418 g/mol. The van der Waals surface area contributed by atoms with Gasteiger partial charge in [0.15, 0.2) is 5.96 Å². The van der Waals surface area contributed by atoms with Crippen molar-refractivity contribution in [2.75, 3.05) is 25.6 Å². The van der Waals surface area contributed by atoms with Crippen molar-refractivity contribution in [1.82, 2.24) is 9.88 Å². The number of carbonyl (C=O) groups excluding carboxylic acids is 1. The zero-order chi connectivity index (χ0) is 22.0. The fraction of sp³-hybridized carbons (Fsp3) is 0.409. The molecular formula is C22H26ClN5O3. The van der Waals surface area contributed by atoms with Crippen LogP contribution in [0.3, 0.4) is 0 Å². The number of nitrogens with two attached hydrogens (primary N) is 1. The van der Waals surface area contributed by atoms with E-state index >= 15 is 0 Å². The monoisotopic (exact) mass is 443 g/mol. The molecule has 0 saturated carbocycles. The average molecular weight is 444 g/mol. The minimum Gasteiger partial charge on any atom is -0.494 e. The van der Waals surface area contributed by atoms with Gasteiger partial charge in [0.1, 0.15) is 5.75 Å². The number of nitrogens with zero attached hydrogens (tertiary/aromatic N) is 3. The quantitative estimate of drug-likeness (QED) is 0.734. The predicted molar refractivity (Wildman–Crippen MR) is 120 cm³/mol. The van der Waals surface area contributed by atoms with E-state index in [-0.39, 0.29) is 24.3 Å². The third-order valence-corrected chi connectivity index (χ3v) is 6.18. The van der Waals surface area contributed by atoms with E-state index in [1.165, 1.54) is 0 Å². The predicted octanol–water partition coefficient (Wildman–Crippen LogP) is 3.43. The molecule has 31 heavy (non-hydrogen) atoms. The summed E-state index contributed by atoms with van der Waals surface area (Å²) in [4.78, 5) is 23.6. The second-order valence-electron chi connectivity index (χ2n) is 7.90. The van der Waals surface area contributed by atoms with Crippen LogP contribution in [0.25, 0.3) is 0 Å². The number of guanidine groups is 1. The van der Waals surface area contributed by atoms with E-state index in [2.05, 4.69) is 10.3 Å². The molecule has 0 radical (unpaired) electrons. The molecule has 3 N–H and O–H groups in total. The third kappa shape index (κ3) is 4.18. The number of carbonyl (C=O) groups is 1. The first kappa shape index (κ1) is 21.4. The number of pyridine rings is 1. The zero-order valence-corrected chi connectivity index (χ0v) is 18.4. The van der Waals surface area contributed by atoms with Gasteiger partial charge in [0, 0.05) is 37.1 Å². The number of anilines is 2. The molecule has 0 unspecified atom stereocenters. The molecule has 1 fully saturated rings. The van der Waals surface area contributed by atoms with Crippen LogP contribution in [0, 0.1) is 0 Å². The molecule has 1 amide bonds. The number of ether oxygens (including phenoxy) is 2. The van der Waals surface area contributed by atoms with E-state index in [0.29, 0.717) is 35.4 Å². The van der Waals surface area contributed by atoms with Gasteiger partial charge in [-0.25, -0.2) is 4.99 Å². The summed E-state index contributed by atoms with van der Waals surface area (Å²) in [5.41, 5.74) is 7.51. The molecule has 0 spiro atoms. The molecule has 0 bridgehead atoms. The fourth-order valence-corrected chi connectivity index (χ4v) is 4.56. The number of benzene rings is 1. The van der Waals surface area contributed by atoms with Crippen LogP contribution in [-0.2, 0) is 15.1 Å². The molecule has 1 atom stereocenters. The summed E-state index contributed by atoms with van der Waals surface area (Å²) >= 11 is 6.78. The Hall–Kier alpha value is -2.84. The van der Waals surface area contributed by atoms with Crippen molar-refractivity contribution in [3.63, 3.8) is 0 Å². The molecule has 0 aliphatic carbocycles. The topological polar surface area (TPSA) is 102 Å². The Bertz CT molecular complexity index is 1010. The number of hydrogen-bond acceptors (Lipinski definition) is 7. The number of hydrogen-bond donors (Lipinski definition) is 2. The molecule has 9 heteroatoms. The van der Waals surface area contributed by atoms with Crippen molar-refractivity contribution in [2.45, 2.75) is 37.8 Å². The lowest BCUT2D eigenvalue weighted by Crippen LogP contribution is -2.55. The smallest absolute Gasteiger partial charge is 0.232 e. The maximum atomic E-state index is 13.1. The van der Waals surface area contributed by atoms with Gasteiger partial charge in [-0.15, -0.1) is 0 Å². The highest BCUT2D eigenvalue weighted by Gasteiger charge is 2.41. The van der Waals surface area contributed by atoms with Crippen LogP contribution in [0.4, 0.5) is 11.4 Å². The standard InChI is InChI=1S/C22H26ClN5O3/c1-22(12-19(29)28(21(24)27-22)14-7-10-31-11-8-14)15-4-3-5-16(20(15)23)26-17-13-25-9-6-18(17)30-2/h3-6,9,13-14,26H,7-8,10-12H2,1-2H3,(H2,24,27)/t22-/m0/s1. The molecule has 1 aromatic carbocycles. The van der Waals surface area contributed by atoms with Crippen LogP contribution < -0.4 is 15.8 Å². The summed E-state index contributed by atoms with van der Waals surface area (Å²) in [5.74, 6) is 0.823. The molecule has 2 aliphatic heterocycles. The summed E-state index contributed by atoms with van der Waals surface area (Å²) in [6, 6.07) is 7.39. The molecule has 3 heterocycles. The van der Waals surface area contributed by atoms with Gasteiger partial charge in [0.2, 0.25) is 5.91 Å². The van der Waals surface area contributed by atoms with Gasteiger partial charge in [0.05, 0.1) is 41.7 Å². The first-order valence-corrected chi connectivity index (χ1v) is 10.6. The number of nitrogens with one attached hydrogen (secondary N) is 1. The first-order valence-electron chi connectivity index (χ1n) is 10.2. The molecule has 2 aliphatic rings. The van der Waals surface area contributed by atoms with Gasteiger partial charge in [-0.3, -0.25) is 14.7 Å². The van der Waals surface area contributed by atoms with Crippen LogP contribution in [-0.4, -0.2) is 48.1 Å². The van der Waals surface area contributed by atoms with Crippen molar-refractivity contribution in [3.05, 3.63) is 47.2 Å². The van der Waals surface area contributed by atoms with Gasteiger partial charge in [0.25, 0.3) is 0 Å². The van der Waals surface area contributed by atoms with E-state index in [0.717, 1.165) is 18.4 Å². The largest absolute Gasteiger partial charge is 0.494 e. The summed E-state index contributed by atoms with van der Waals surface area (Å²) in [5, 5.41) is 3.73. The maximum Gasteiger partial charge on any atom is 0.232 e. The first-order chi connectivity index (χ1) is 14.9. The van der Waals surface area contributed by atoms with E-state index in [1.54, 1.807) is 30.5 Å². The van der Waals surface area contributed by atoms with Crippen molar-refractivity contribution < 1.29 is 14.3 Å². The van der Waals surface area contributed by atoms with Gasteiger partial charge in [-0.2, -0.15) is 0 Å². The number of amides is 1. The Morgan fingerprint density at radius 3 is 2.77 bits per heavy atom. The SMILES string of the molecule is COc1ccncc1Nc1cccc([C@]2(C)CC(=O)N(C3CCOCC3)C(N)=N2)c1Cl. The minimum absolute atomic E-state index is 0.0241. The minimum atomic E-state index is -0.864. The van der Waals surface area contributed by atoms with Crippen molar-refractivity contribution in [1.29, 1.82) is 0 Å². The van der Waals surface area contributed by atoms with E-state index in [1.807, 2.05) is 25.1 Å². The summed E-state index contributed by atoms with van der Waals surface area (Å²) in [6.45, 7) is 3.13. The van der Waals surface area contributed by atoms with Gasteiger partial charge < -0.3 is 20.5 Å². The summed E-state index contributed by atoms with van der Waals surface area (Å²) in [6.07, 6.45) is 5.01. The number of aliphatic imine (C=N–C) groups is 1. The Balaban J connectivity index is 1.65. The fourth-order valence-electron chi connectivity index (χ4n) is 4.19. The Morgan fingerprint density at radius 1 is 1.29 bits per heavy atom. The molecule has 1 saturated heterocycles. The van der Waals surface area contributed by atoms with Gasteiger partial charge >= 0.3 is 0 Å². The normalized spacial score (nSPS) is 22.2. The second kappa shape index (κ2) is 8.72.